The highest BCUT2D eigenvalue weighted by atomic mass is 35.5. The SMILES string of the molecule is CNC(Cc1ccc(F)cc1)Cc1c(C)nn(C)c1Cl. The van der Waals surface area contributed by atoms with Crippen LogP contribution in [-0.2, 0) is 19.9 Å². The zero-order chi connectivity index (χ0) is 14.7. The molecule has 1 N–H and O–H groups in total. The fourth-order valence-electron chi connectivity index (χ4n) is 2.33. The van der Waals surface area contributed by atoms with Crippen LogP contribution >= 0.6 is 11.6 Å². The minimum atomic E-state index is -0.207. The number of halogens is 2. The summed E-state index contributed by atoms with van der Waals surface area (Å²) in [4.78, 5) is 0. The lowest BCUT2D eigenvalue weighted by Crippen LogP contribution is -2.30. The molecule has 0 fully saturated rings. The third-order valence-corrected chi connectivity index (χ3v) is 4.00. The van der Waals surface area contributed by atoms with Crippen molar-refractivity contribution in [1.29, 1.82) is 0 Å². The zero-order valence-corrected chi connectivity index (χ0v) is 12.7. The van der Waals surface area contributed by atoms with E-state index in [2.05, 4.69) is 10.4 Å². The summed E-state index contributed by atoms with van der Waals surface area (Å²) in [5, 5.41) is 8.29. The Kier molecular flexibility index (Phi) is 4.78. The molecule has 0 amide bonds. The van der Waals surface area contributed by atoms with Crippen molar-refractivity contribution in [2.24, 2.45) is 7.05 Å². The molecule has 108 valence electrons. The number of nitrogens with one attached hydrogen (secondary N) is 1. The zero-order valence-electron chi connectivity index (χ0n) is 12.0. The second-order valence-electron chi connectivity index (χ2n) is 5.00. The number of likely N-dealkylation sites (N-methyl/N-ethyl adjacent to an activating group) is 1. The minimum Gasteiger partial charge on any atom is -0.316 e. The first-order valence-corrected chi connectivity index (χ1v) is 6.98. The summed E-state index contributed by atoms with van der Waals surface area (Å²) in [7, 11) is 3.76. The number of benzene rings is 1. The van der Waals surface area contributed by atoms with Crippen LogP contribution in [0.5, 0.6) is 0 Å². The normalized spacial score (nSPS) is 12.7. The molecular formula is C15H19ClFN3. The fraction of sp³-hybridized carbons (Fsp3) is 0.400. The van der Waals surface area contributed by atoms with E-state index in [4.69, 9.17) is 11.6 Å². The van der Waals surface area contributed by atoms with Gasteiger partial charge in [-0.25, -0.2) is 4.39 Å². The molecule has 0 spiro atoms. The van der Waals surface area contributed by atoms with Gasteiger partial charge in [-0.3, -0.25) is 4.68 Å². The molecule has 1 atom stereocenters. The van der Waals surface area contributed by atoms with Crippen molar-refractivity contribution in [3.05, 3.63) is 52.1 Å². The lowest BCUT2D eigenvalue weighted by atomic mass is 9.99. The third-order valence-electron chi connectivity index (χ3n) is 3.52. The Morgan fingerprint density at radius 1 is 1.30 bits per heavy atom. The standard InChI is InChI=1S/C15H19ClFN3/c1-10-14(15(16)20(3)19-10)9-13(18-2)8-11-4-6-12(17)7-5-11/h4-7,13,18H,8-9H2,1-3H3. The van der Waals surface area contributed by atoms with E-state index >= 15 is 0 Å². The summed E-state index contributed by atoms with van der Waals surface area (Å²) < 4.78 is 14.6. The molecule has 5 heteroatoms. The summed E-state index contributed by atoms with van der Waals surface area (Å²) in [6, 6.07) is 6.85. The predicted octanol–water partition coefficient (Wildman–Crippen LogP) is 2.89. The van der Waals surface area contributed by atoms with Crippen molar-refractivity contribution in [1.82, 2.24) is 15.1 Å². The Labute approximate surface area is 123 Å². The Hall–Kier alpha value is -1.39. The number of aryl methyl sites for hydroxylation is 2. The van der Waals surface area contributed by atoms with Crippen LogP contribution in [0, 0.1) is 12.7 Å². The molecule has 0 aliphatic carbocycles. The fourth-order valence-corrected chi connectivity index (χ4v) is 2.59. The van der Waals surface area contributed by atoms with E-state index < -0.39 is 0 Å². The number of aromatic nitrogens is 2. The molecule has 2 aromatic rings. The topological polar surface area (TPSA) is 29.9 Å². The monoisotopic (exact) mass is 295 g/mol. The van der Waals surface area contributed by atoms with Gasteiger partial charge in [0, 0.05) is 18.7 Å². The van der Waals surface area contributed by atoms with Crippen LogP contribution in [0.25, 0.3) is 0 Å². The second-order valence-corrected chi connectivity index (χ2v) is 5.36. The Balaban J connectivity index is 2.11. The van der Waals surface area contributed by atoms with Crippen LogP contribution < -0.4 is 5.32 Å². The highest BCUT2D eigenvalue weighted by Crippen LogP contribution is 2.21. The Morgan fingerprint density at radius 3 is 2.45 bits per heavy atom. The summed E-state index contributed by atoms with van der Waals surface area (Å²) in [6.45, 7) is 1.96. The largest absolute Gasteiger partial charge is 0.316 e. The van der Waals surface area contributed by atoms with E-state index in [1.165, 1.54) is 12.1 Å². The predicted molar refractivity (Wildman–Crippen MR) is 79.6 cm³/mol. The summed E-state index contributed by atoms with van der Waals surface area (Å²) in [5.74, 6) is -0.207. The molecule has 0 saturated heterocycles. The van der Waals surface area contributed by atoms with Gasteiger partial charge in [0.15, 0.2) is 0 Å². The van der Waals surface area contributed by atoms with Gasteiger partial charge >= 0.3 is 0 Å². The van der Waals surface area contributed by atoms with E-state index in [0.717, 1.165) is 29.7 Å². The minimum absolute atomic E-state index is 0.207. The highest BCUT2D eigenvalue weighted by molar-refractivity contribution is 6.30. The lowest BCUT2D eigenvalue weighted by molar-refractivity contribution is 0.554. The summed E-state index contributed by atoms with van der Waals surface area (Å²) >= 11 is 6.26. The van der Waals surface area contributed by atoms with Gasteiger partial charge in [0.2, 0.25) is 0 Å². The molecule has 1 aromatic heterocycles. The first-order valence-electron chi connectivity index (χ1n) is 6.61. The van der Waals surface area contributed by atoms with Gasteiger partial charge in [0.05, 0.1) is 5.69 Å². The van der Waals surface area contributed by atoms with Gasteiger partial charge < -0.3 is 5.32 Å². The Bertz CT molecular complexity index is 578. The van der Waals surface area contributed by atoms with E-state index in [1.54, 1.807) is 4.68 Å². The molecule has 1 heterocycles. The molecule has 0 bridgehead atoms. The van der Waals surface area contributed by atoms with Crippen molar-refractivity contribution in [3.8, 4) is 0 Å². The van der Waals surface area contributed by atoms with E-state index in [-0.39, 0.29) is 11.9 Å². The number of hydrogen-bond acceptors (Lipinski definition) is 2. The quantitative estimate of drug-likeness (QED) is 0.919. The van der Waals surface area contributed by atoms with Crippen molar-refractivity contribution in [3.63, 3.8) is 0 Å². The maximum Gasteiger partial charge on any atom is 0.130 e. The van der Waals surface area contributed by atoms with E-state index in [1.807, 2.05) is 33.2 Å². The molecule has 0 aliphatic rings. The first kappa shape index (κ1) is 15.0. The molecule has 1 aromatic carbocycles. The van der Waals surface area contributed by atoms with Crippen LogP contribution in [0.1, 0.15) is 16.8 Å². The average molecular weight is 296 g/mol. The third kappa shape index (κ3) is 3.38. The van der Waals surface area contributed by atoms with Crippen LogP contribution in [0.4, 0.5) is 4.39 Å². The molecule has 3 nitrogen and oxygen atoms in total. The lowest BCUT2D eigenvalue weighted by Gasteiger charge is -2.16. The number of nitrogens with zero attached hydrogens (tertiary/aromatic N) is 2. The molecule has 0 saturated carbocycles. The number of rotatable bonds is 5. The molecule has 1 unspecified atom stereocenters. The highest BCUT2D eigenvalue weighted by Gasteiger charge is 2.16. The molecule has 0 aliphatic heterocycles. The second kappa shape index (κ2) is 6.37. The van der Waals surface area contributed by atoms with Crippen molar-refractivity contribution in [2.45, 2.75) is 25.8 Å². The van der Waals surface area contributed by atoms with E-state index in [9.17, 15) is 4.39 Å². The van der Waals surface area contributed by atoms with Gasteiger partial charge in [0.1, 0.15) is 11.0 Å². The van der Waals surface area contributed by atoms with Crippen molar-refractivity contribution >= 4 is 11.6 Å². The maximum atomic E-state index is 12.9. The number of hydrogen-bond donors (Lipinski definition) is 1. The van der Waals surface area contributed by atoms with Gasteiger partial charge in [-0.1, -0.05) is 23.7 Å². The van der Waals surface area contributed by atoms with Crippen LogP contribution in [-0.4, -0.2) is 22.9 Å². The van der Waals surface area contributed by atoms with Crippen molar-refractivity contribution < 1.29 is 4.39 Å². The maximum absolute atomic E-state index is 12.9. The molecule has 0 radical (unpaired) electrons. The average Bonchev–Trinajstić information content (AvgIpc) is 2.66. The molecular weight excluding hydrogens is 277 g/mol. The Morgan fingerprint density at radius 2 is 1.95 bits per heavy atom. The van der Waals surface area contributed by atoms with Crippen LogP contribution in [0.2, 0.25) is 5.15 Å². The first-order chi connectivity index (χ1) is 9.51. The summed E-state index contributed by atoms with van der Waals surface area (Å²) in [6.07, 6.45) is 1.62. The van der Waals surface area contributed by atoms with Crippen molar-refractivity contribution in [2.75, 3.05) is 7.05 Å². The van der Waals surface area contributed by atoms with Gasteiger partial charge in [-0.2, -0.15) is 5.10 Å². The van der Waals surface area contributed by atoms with Gasteiger partial charge in [-0.15, -0.1) is 0 Å². The van der Waals surface area contributed by atoms with Crippen LogP contribution in [0.15, 0.2) is 24.3 Å². The van der Waals surface area contributed by atoms with Gasteiger partial charge in [0.25, 0.3) is 0 Å². The van der Waals surface area contributed by atoms with Crippen LogP contribution in [0.3, 0.4) is 0 Å². The van der Waals surface area contributed by atoms with Gasteiger partial charge in [-0.05, 0) is 44.5 Å². The smallest absolute Gasteiger partial charge is 0.130 e. The molecule has 20 heavy (non-hydrogen) atoms. The van der Waals surface area contributed by atoms with E-state index in [0.29, 0.717) is 5.15 Å². The molecule has 2 rings (SSSR count). The summed E-state index contributed by atoms with van der Waals surface area (Å²) in [5.41, 5.74) is 3.12.